The lowest BCUT2D eigenvalue weighted by molar-refractivity contribution is -0.384. The molecule has 1 saturated heterocycles. The van der Waals surface area contributed by atoms with E-state index in [-0.39, 0.29) is 30.5 Å². The third kappa shape index (κ3) is 4.45. The molecule has 0 unspecified atom stereocenters. The Labute approximate surface area is 175 Å². The van der Waals surface area contributed by atoms with Crippen molar-refractivity contribution in [3.63, 3.8) is 0 Å². The number of aliphatic hydroxyl groups is 1. The summed E-state index contributed by atoms with van der Waals surface area (Å²) in [5, 5.41) is 21.2. The van der Waals surface area contributed by atoms with Crippen LogP contribution in [0.15, 0.2) is 36.4 Å². The molecule has 2 aromatic rings. The summed E-state index contributed by atoms with van der Waals surface area (Å²) < 4.78 is 47.9. The molecular formula is C19H19ClF3N3O4. The number of hydrogen-bond acceptors (Lipinski definition) is 6. The Bertz CT molecular complexity index is 942. The van der Waals surface area contributed by atoms with E-state index in [0.29, 0.717) is 6.54 Å². The predicted molar refractivity (Wildman–Crippen MR) is 105 cm³/mol. The second-order valence-electron chi connectivity index (χ2n) is 6.86. The Morgan fingerprint density at radius 2 is 1.93 bits per heavy atom. The molecule has 1 aliphatic heterocycles. The molecule has 0 aromatic heterocycles. The fourth-order valence-electron chi connectivity index (χ4n) is 3.38. The van der Waals surface area contributed by atoms with E-state index in [2.05, 4.69) is 0 Å². The van der Waals surface area contributed by atoms with Gasteiger partial charge in [0.2, 0.25) is 0 Å². The third-order valence-electron chi connectivity index (χ3n) is 4.96. The summed E-state index contributed by atoms with van der Waals surface area (Å²) in [4.78, 5) is 13.8. The highest BCUT2D eigenvalue weighted by atomic mass is 35.5. The Kier molecular flexibility index (Phi) is 6.39. The first-order valence-electron chi connectivity index (χ1n) is 9.00. The van der Waals surface area contributed by atoms with E-state index in [1.165, 1.54) is 17.0 Å². The van der Waals surface area contributed by atoms with Gasteiger partial charge in [-0.1, -0.05) is 23.7 Å². The highest BCUT2D eigenvalue weighted by molar-refractivity contribution is 6.32. The summed E-state index contributed by atoms with van der Waals surface area (Å²) >= 11 is 6.01. The minimum atomic E-state index is -4.93. The number of aliphatic hydroxyl groups excluding tert-OH is 1. The van der Waals surface area contributed by atoms with Crippen molar-refractivity contribution in [3.05, 3.63) is 57.1 Å². The molecule has 0 amide bonds. The molecule has 0 aliphatic carbocycles. The molecule has 162 valence electrons. The maximum absolute atomic E-state index is 14.1. The molecule has 11 heteroatoms. The van der Waals surface area contributed by atoms with Crippen LogP contribution in [-0.2, 0) is 6.18 Å². The predicted octanol–water partition coefficient (Wildman–Crippen LogP) is 4.17. The number of nitrogens with zero attached hydrogens (tertiary/aromatic N) is 3. The van der Waals surface area contributed by atoms with Crippen LogP contribution in [0.1, 0.15) is 5.56 Å². The van der Waals surface area contributed by atoms with Gasteiger partial charge in [0.15, 0.2) is 0 Å². The summed E-state index contributed by atoms with van der Waals surface area (Å²) in [6.07, 6.45) is -4.93. The molecule has 1 fully saturated rings. The average Bonchev–Trinajstić information content (AvgIpc) is 2.68. The first-order valence-corrected chi connectivity index (χ1v) is 9.38. The lowest BCUT2D eigenvalue weighted by atomic mass is 10.0. The monoisotopic (exact) mass is 445 g/mol. The van der Waals surface area contributed by atoms with Gasteiger partial charge in [0.1, 0.15) is 22.7 Å². The maximum Gasteiger partial charge on any atom is 0.422 e. The number of nitro groups is 1. The first kappa shape index (κ1) is 22.1. The standard InChI is InChI=1S/C19H19ClF3N3O4/c1-24-8-9-25(10-12(24)11-27)18-14(26(28)29)6-7-16(17(18)19(21,22)23)30-15-5-3-2-4-13(15)20/h2-7,12,27H,8-11H2,1H3/t12-/m1/s1. The minimum Gasteiger partial charge on any atom is -0.455 e. The number of benzene rings is 2. The third-order valence-corrected chi connectivity index (χ3v) is 5.27. The van der Waals surface area contributed by atoms with Crippen LogP contribution in [-0.4, -0.2) is 54.3 Å². The normalized spacial score (nSPS) is 17.8. The van der Waals surface area contributed by atoms with Crippen molar-refractivity contribution in [2.45, 2.75) is 12.2 Å². The quantitative estimate of drug-likeness (QED) is 0.549. The average molecular weight is 446 g/mol. The molecule has 30 heavy (non-hydrogen) atoms. The molecule has 0 spiro atoms. The number of piperazine rings is 1. The fourth-order valence-corrected chi connectivity index (χ4v) is 3.55. The number of alkyl halides is 3. The molecule has 3 rings (SSSR count). The van der Waals surface area contributed by atoms with Gasteiger partial charge in [-0.2, -0.15) is 13.2 Å². The largest absolute Gasteiger partial charge is 0.455 e. The Morgan fingerprint density at radius 3 is 2.53 bits per heavy atom. The number of para-hydroxylation sites is 1. The fraction of sp³-hybridized carbons (Fsp3) is 0.368. The van der Waals surface area contributed by atoms with E-state index in [1.807, 2.05) is 0 Å². The van der Waals surface area contributed by atoms with Crippen molar-refractivity contribution in [3.8, 4) is 11.5 Å². The SMILES string of the molecule is CN1CCN(c2c([N+](=O)[O-])ccc(Oc3ccccc3Cl)c2C(F)(F)F)C[C@@H]1CO. The molecule has 7 nitrogen and oxygen atoms in total. The number of rotatable bonds is 5. The van der Waals surface area contributed by atoms with Crippen molar-refractivity contribution in [2.75, 3.05) is 38.2 Å². The molecule has 1 aliphatic rings. The van der Waals surface area contributed by atoms with Gasteiger partial charge >= 0.3 is 6.18 Å². The Hall–Kier alpha value is -2.56. The second kappa shape index (κ2) is 8.66. The van der Waals surface area contributed by atoms with E-state index in [4.69, 9.17) is 16.3 Å². The molecule has 2 aromatic carbocycles. The summed E-state index contributed by atoms with van der Waals surface area (Å²) in [5.74, 6) is -0.591. The number of halogens is 4. The summed E-state index contributed by atoms with van der Waals surface area (Å²) in [6, 6.07) is 7.46. The molecule has 1 heterocycles. The van der Waals surface area contributed by atoms with Crippen LogP contribution in [0.3, 0.4) is 0 Å². The minimum absolute atomic E-state index is 0.00363. The van der Waals surface area contributed by atoms with Gasteiger partial charge in [-0.05, 0) is 25.2 Å². The molecule has 0 saturated carbocycles. The lowest BCUT2D eigenvalue weighted by Gasteiger charge is -2.40. The molecule has 1 atom stereocenters. The number of ether oxygens (including phenoxy) is 1. The topological polar surface area (TPSA) is 79.1 Å². The van der Waals surface area contributed by atoms with E-state index in [0.717, 1.165) is 12.1 Å². The summed E-state index contributed by atoms with van der Waals surface area (Å²) in [6.45, 7) is 0.145. The van der Waals surface area contributed by atoms with Crippen LogP contribution in [0.2, 0.25) is 5.02 Å². The number of hydrogen-bond donors (Lipinski definition) is 1. The van der Waals surface area contributed by atoms with Gasteiger partial charge in [0.25, 0.3) is 5.69 Å². The molecule has 0 bridgehead atoms. The second-order valence-corrected chi connectivity index (χ2v) is 7.26. The van der Waals surface area contributed by atoms with Gasteiger partial charge in [0.05, 0.1) is 22.6 Å². The number of nitro benzene ring substituents is 1. The van der Waals surface area contributed by atoms with Crippen molar-refractivity contribution in [1.29, 1.82) is 0 Å². The van der Waals surface area contributed by atoms with Gasteiger partial charge < -0.3 is 14.7 Å². The Balaban J connectivity index is 2.17. The van der Waals surface area contributed by atoms with Crippen molar-refractivity contribution in [2.24, 2.45) is 0 Å². The van der Waals surface area contributed by atoms with E-state index >= 15 is 0 Å². The van der Waals surface area contributed by atoms with Crippen LogP contribution in [0.5, 0.6) is 11.5 Å². The van der Waals surface area contributed by atoms with Crippen LogP contribution >= 0.6 is 11.6 Å². The zero-order valence-electron chi connectivity index (χ0n) is 15.9. The van der Waals surface area contributed by atoms with Crippen LogP contribution in [0.4, 0.5) is 24.5 Å². The smallest absolute Gasteiger partial charge is 0.422 e. The van der Waals surface area contributed by atoms with Crippen molar-refractivity contribution < 1.29 is 27.9 Å². The number of likely N-dealkylation sites (N-methyl/N-ethyl adjacent to an activating group) is 1. The lowest BCUT2D eigenvalue weighted by Crippen LogP contribution is -2.53. The maximum atomic E-state index is 14.1. The Morgan fingerprint density at radius 1 is 1.23 bits per heavy atom. The first-order chi connectivity index (χ1) is 14.1. The molecule has 1 N–H and O–H groups in total. The van der Waals surface area contributed by atoms with Crippen molar-refractivity contribution >= 4 is 23.0 Å². The highest BCUT2D eigenvalue weighted by Gasteiger charge is 2.44. The van der Waals surface area contributed by atoms with E-state index in [1.54, 1.807) is 24.1 Å². The molecule has 0 radical (unpaired) electrons. The van der Waals surface area contributed by atoms with Crippen LogP contribution < -0.4 is 9.64 Å². The zero-order valence-corrected chi connectivity index (χ0v) is 16.7. The molecular weight excluding hydrogens is 427 g/mol. The van der Waals surface area contributed by atoms with E-state index in [9.17, 15) is 28.4 Å². The van der Waals surface area contributed by atoms with Gasteiger partial charge in [-0.3, -0.25) is 15.0 Å². The summed E-state index contributed by atoms with van der Waals surface area (Å²) in [7, 11) is 1.73. The van der Waals surface area contributed by atoms with Gasteiger partial charge in [0, 0.05) is 25.7 Å². The van der Waals surface area contributed by atoms with E-state index < -0.39 is 39.8 Å². The van der Waals surface area contributed by atoms with Crippen LogP contribution in [0.25, 0.3) is 0 Å². The van der Waals surface area contributed by atoms with Crippen LogP contribution in [0, 0.1) is 10.1 Å². The van der Waals surface area contributed by atoms with Crippen molar-refractivity contribution in [1.82, 2.24) is 4.90 Å². The van der Waals surface area contributed by atoms with Gasteiger partial charge in [-0.25, -0.2) is 0 Å². The van der Waals surface area contributed by atoms with Gasteiger partial charge in [-0.15, -0.1) is 0 Å². The zero-order chi connectivity index (χ0) is 22.1. The highest BCUT2D eigenvalue weighted by Crippen LogP contribution is 2.49. The number of anilines is 1. The summed E-state index contributed by atoms with van der Waals surface area (Å²) in [5.41, 5.74) is -2.52.